The van der Waals surface area contributed by atoms with Gasteiger partial charge in [0.2, 0.25) is 0 Å². The summed E-state index contributed by atoms with van der Waals surface area (Å²) in [5.41, 5.74) is 2.87. The Kier molecular flexibility index (Phi) is 6.27. The van der Waals surface area contributed by atoms with Crippen LogP contribution >= 0.6 is 0 Å². The van der Waals surface area contributed by atoms with Crippen molar-refractivity contribution < 1.29 is 19.1 Å². The van der Waals surface area contributed by atoms with Crippen LogP contribution in [-0.2, 0) is 14.3 Å². The first-order valence-corrected chi connectivity index (χ1v) is 5.64. The lowest BCUT2D eigenvalue weighted by Crippen LogP contribution is -2.16. The number of hydrogen-bond acceptors (Lipinski definition) is 6. The molecular weight excluding hydrogens is 262 g/mol. The molecule has 0 aliphatic heterocycles. The second-order valence-corrected chi connectivity index (χ2v) is 3.57. The number of nitrogens with zero attached hydrogens (tertiary/aromatic N) is 2. The van der Waals surface area contributed by atoms with Crippen molar-refractivity contribution in [3.63, 3.8) is 0 Å². The number of carbonyl (C=O) groups is 2. The van der Waals surface area contributed by atoms with E-state index >= 15 is 0 Å². The number of hydrogen-bond donors (Lipinski definition) is 1. The molecule has 7 nitrogen and oxygen atoms in total. The van der Waals surface area contributed by atoms with E-state index in [9.17, 15) is 9.59 Å². The maximum absolute atomic E-state index is 11.0. The Hall–Kier alpha value is -2.88. The number of nitriles is 1. The topological polar surface area (TPSA) is 101 Å². The van der Waals surface area contributed by atoms with Crippen LogP contribution in [0.1, 0.15) is 12.0 Å². The summed E-state index contributed by atoms with van der Waals surface area (Å²) in [4.78, 5) is 21.9. The zero-order valence-electron chi connectivity index (χ0n) is 10.8. The van der Waals surface area contributed by atoms with Gasteiger partial charge in [-0.2, -0.15) is 10.4 Å². The first kappa shape index (κ1) is 15.2. The fraction of sp³-hybridized carbons (Fsp3) is 0.231. The number of hydrazone groups is 1. The van der Waals surface area contributed by atoms with E-state index in [4.69, 9.17) is 10.00 Å². The molecule has 1 rings (SSSR count). The van der Waals surface area contributed by atoms with Crippen molar-refractivity contribution in [2.24, 2.45) is 5.10 Å². The molecule has 0 spiro atoms. The van der Waals surface area contributed by atoms with E-state index in [1.54, 1.807) is 30.3 Å². The number of rotatable bonds is 6. The van der Waals surface area contributed by atoms with E-state index in [0.717, 1.165) is 0 Å². The SMILES string of the molecule is COC(=O)COc1cccc(/C=N\NC(=O)CC#N)c1. The standard InChI is InChI=1S/C13H13N3O4/c1-19-13(18)9-20-11-4-2-3-10(7-11)8-15-16-12(17)5-6-14/h2-4,7-8H,5,9H2,1H3,(H,16,17)/b15-8-. The third kappa shape index (κ3) is 5.64. The Labute approximate surface area is 115 Å². The van der Waals surface area contributed by atoms with Gasteiger partial charge in [0.15, 0.2) is 6.61 Å². The summed E-state index contributed by atoms with van der Waals surface area (Å²) < 4.78 is 9.65. The molecule has 1 aromatic carbocycles. The molecule has 1 N–H and O–H groups in total. The molecule has 104 valence electrons. The molecule has 0 aliphatic carbocycles. The summed E-state index contributed by atoms with van der Waals surface area (Å²) in [7, 11) is 1.28. The van der Waals surface area contributed by atoms with Crippen LogP contribution in [0, 0.1) is 11.3 Å². The van der Waals surface area contributed by atoms with Crippen LogP contribution in [0.2, 0.25) is 0 Å². The van der Waals surface area contributed by atoms with Crippen molar-refractivity contribution in [2.75, 3.05) is 13.7 Å². The highest BCUT2D eigenvalue weighted by Gasteiger charge is 2.02. The Bertz CT molecular complexity index is 549. The Morgan fingerprint density at radius 2 is 2.30 bits per heavy atom. The van der Waals surface area contributed by atoms with Gasteiger partial charge in [0.25, 0.3) is 5.91 Å². The average Bonchev–Trinajstić information content (AvgIpc) is 2.45. The van der Waals surface area contributed by atoms with E-state index in [0.29, 0.717) is 11.3 Å². The summed E-state index contributed by atoms with van der Waals surface area (Å²) in [5, 5.41) is 12.0. The number of esters is 1. The van der Waals surface area contributed by atoms with Gasteiger partial charge < -0.3 is 9.47 Å². The number of benzene rings is 1. The van der Waals surface area contributed by atoms with Crippen LogP contribution in [-0.4, -0.2) is 31.8 Å². The fourth-order valence-corrected chi connectivity index (χ4v) is 1.18. The Morgan fingerprint density at radius 3 is 3.00 bits per heavy atom. The van der Waals surface area contributed by atoms with Crippen molar-refractivity contribution in [3.05, 3.63) is 29.8 Å². The number of ether oxygens (including phenoxy) is 2. The second kappa shape index (κ2) is 8.26. The highest BCUT2D eigenvalue weighted by molar-refractivity contribution is 5.83. The molecule has 0 saturated carbocycles. The maximum atomic E-state index is 11.0. The molecule has 0 aliphatic rings. The lowest BCUT2D eigenvalue weighted by molar-refractivity contribution is -0.142. The number of carbonyl (C=O) groups excluding carboxylic acids is 2. The second-order valence-electron chi connectivity index (χ2n) is 3.57. The van der Waals surface area contributed by atoms with Gasteiger partial charge in [-0.15, -0.1) is 0 Å². The predicted molar refractivity (Wildman–Crippen MR) is 69.9 cm³/mol. The molecule has 20 heavy (non-hydrogen) atoms. The van der Waals surface area contributed by atoms with Crippen molar-refractivity contribution >= 4 is 18.1 Å². The molecular formula is C13H13N3O4. The highest BCUT2D eigenvalue weighted by atomic mass is 16.6. The van der Waals surface area contributed by atoms with E-state index in [1.165, 1.54) is 13.3 Å². The number of nitrogens with one attached hydrogen (secondary N) is 1. The molecule has 0 aromatic heterocycles. The normalized spacial score (nSPS) is 9.80. The molecule has 7 heteroatoms. The Morgan fingerprint density at radius 1 is 1.50 bits per heavy atom. The minimum Gasteiger partial charge on any atom is -0.482 e. The first-order chi connectivity index (χ1) is 9.65. The van der Waals surface area contributed by atoms with Gasteiger partial charge in [-0.25, -0.2) is 10.2 Å². The summed E-state index contributed by atoms with van der Waals surface area (Å²) >= 11 is 0. The van der Waals surface area contributed by atoms with Crippen LogP contribution in [0.15, 0.2) is 29.4 Å². The molecule has 0 bridgehead atoms. The van der Waals surface area contributed by atoms with Gasteiger partial charge in [0, 0.05) is 0 Å². The molecule has 0 atom stereocenters. The molecule has 0 fully saturated rings. The quantitative estimate of drug-likeness (QED) is 0.465. The van der Waals surface area contributed by atoms with E-state index in [-0.39, 0.29) is 13.0 Å². The van der Waals surface area contributed by atoms with Gasteiger partial charge in [-0.1, -0.05) is 12.1 Å². The van der Waals surface area contributed by atoms with E-state index in [1.807, 2.05) is 0 Å². The van der Waals surface area contributed by atoms with Gasteiger partial charge >= 0.3 is 5.97 Å². The van der Waals surface area contributed by atoms with Gasteiger partial charge in [-0.3, -0.25) is 4.79 Å². The van der Waals surface area contributed by atoms with Crippen molar-refractivity contribution in [1.29, 1.82) is 5.26 Å². The van der Waals surface area contributed by atoms with Crippen molar-refractivity contribution in [3.8, 4) is 11.8 Å². The zero-order valence-corrected chi connectivity index (χ0v) is 10.8. The van der Waals surface area contributed by atoms with E-state index < -0.39 is 11.9 Å². The molecule has 0 heterocycles. The third-order valence-electron chi connectivity index (χ3n) is 2.08. The summed E-state index contributed by atoms with van der Waals surface area (Å²) in [6, 6.07) is 8.48. The number of methoxy groups -OCH3 is 1. The predicted octanol–water partition coefficient (Wildman–Crippen LogP) is 0.602. The minimum atomic E-state index is -0.484. The monoisotopic (exact) mass is 275 g/mol. The largest absolute Gasteiger partial charge is 0.482 e. The average molecular weight is 275 g/mol. The van der Waals surface area contributed by atoms with Gasteiger partial charge in [0.1, 0.15) is 12.2 Å². The van der Waals surface area contributed by atoms with Crippen molar-refractivity contribution in [1.82, 2.24) is 5.43 Å². The zero-order chi connectivity index (χ0) is 14.8. The molecule has 1 aromatic rings. The highest BCUT2D eigenvalue weighted by Crippen LogP contribution is 2.11. The summed E-state index contributed by atoms with van der Waals surface area (Å²) in [6.07, 6.45) is 1.15. The van der Waals surface area contributed by atoms with E-state index in [2.05, 4.69) is 15.3 Å². The number of amides is 1. The molecule has 0 unspecified atom stereocenters. The maximum Gasteiger partial charge on any atom is 0.343 e. The molecule has 1 amide bonds. The summed E-state index contributed by atoms with van der Waals surface area (Å²) in [5.74, 6) is -0.489. The molecule has 0 radical (unpaired) electrons. The van der Waals surface area contributed by atoms with Crippen molar-refractivity contribution in [2.45, 2.75) is 6.42 Å². The third-order valence-corrected chi connectivity index (χ3v) is 2.08. The fourth-order valence-electron chi connectivity index (χ4n) is 1.18. The van der Waals surface area contributed by atoms with Gasteiger partial charge in [0.05, 0.1) is 19.4 Å². The smallest absolute Gasteiger partial charge is 0.343 e. The lowest BCUT2D eigenvalue weighted by atomic mass is 10.2. The lowest BCUT2D eigenvalue weighted by Gasteiger charge is -2.04. The van der Waals surface area contributed by atoms with Gasteiger partial charge in [-0.05, 0) is 17.7 Å². The van der Waals surface area contributed by atoms with Crippen LogP contribution in [0.5, 0.6) is 5.75 Å². The Balaban J connectivity index is 2.55. The van der Waals surface area contributed by atoms with Crippen LogP contribution < -0.4 is 10.2 Å². The first-order valence-electron chi connectivity index (χ1n) is 5.64. The minimum absolute atomic E-state index is 0.185. The van der Waals surface area contributed by atoms with Crippen LogP contribution in [0.25, 0.3) is 0 Å². The molecule has 0 saturated heterocycles. The summed E-state index contributed by atoms with van der Waals surface area (Å²) in [6.45, 7) is -0.185. The van der Waals surface area contributed by atoms with Crippen LogP contribution in [0.3, 0.4) is 0 Å². The van der Waals surface area contributed by atoms with Crippen LogP contribution in [0.4, 0.5) is 0 Å².